The Labute approximate surface area is 161 Å². The average Bonchev–Trinajstić information content (AvgIpc) is 3.08. The van der Waals surface area contributed by atoms with Crippen LogP contribution in [-0.2, 0) is 22.4 Å². The lowest BCUT2D eigenvalue weighted by Gasteiger charge is -2.23. The van der Waals surface area contributed by atoms with Crippen LogP contribution in [0.3, 0.4) is 0 Å². The van der Waals surface area contributed by atoms with Crippen molar-refractivity contribution in [2.75, 3.05) is 5.32 Å². The molecule has 3 aromatic rings. The van der Waals surface area contributed by atoms with E-state index in [0.717, 1.165) is 16.9 Å². The molecule has 1 aromatic heterocycles. The van der Waals surface area contributed by atoms with Gasteiger partial charge in [0.25, 0.3) is 5.91 Å². The van der Waals surface area contributed by atoms with Crippen molar-refractivity contribution in [3.05, 3.63) is 81.9 Å². The Morgan fingerprint density at radius 2 is 2.11 bits per heavy atom. The molecule has 5 nitrogen and oxygen atoms in total. The third kappa shape index (κ3) is 3.90. The maximum absolute atomic E-state index is 12.5. The van der Waals surface area contributed by atoms with Gasteiger partial charge < -0.3 is 4.74 Å². The molecule has 6 heteroatoms. The molecule has 0 radical (unpaired) electrons. The minimum Gasteiger partial charge on any atom is -0.448 e. The largest absolute Gasteiger partial charge is 0.448 e. The molecule has 4 rings (SSSR count). The van der Waals surface area contributed by atoms with Crippen molar-refractivity contribution in [2.45, 2.75) is 25.9 Å². The number of cyclic esters (lactones) is 1. The Balaban J connectivity index is 1.42. The number of carbonyl (C=O) groups is 2. The molecule has 1 N–H and O–H groups in total. The fourth-order valence-corrected chi connectivity index (χ4v) is 3.98. The van der Waals surface area contributed by atoms with E-state index in [1.54, 1.807) is 18.3 Å². The number of thiazole rings is 1. The van der Waals surface area contributed by atoms with E-state index in [9.17, 15) is 9.59 Å². The first-order valence-electron chi connectivity index (χ1n) is 8.68. The number of amides is 1. The number of carbonyl (C=O) groups excluding carboxylic acids is 2. The number of hydrogen-bond acceptors (Lipinski definition) is 5. The van der Waals surface area contributed by atoms with Gasteiger partial charge in [-0.1, -0.05) is 48.0 Å². The molecule has 0 spiro atoms. The number of fused-ring (bicyclic) bond motifs is 1. The summed E-state index contributed by atoms with van der Waals surface area (Å²) in [5, 5.41) is 3.28. The summed E-state index contributed by atoms with van der Waals surface area (Å²) in [6, 6.07) is 15.5. The Hall–Kier alpha value is -2.99. The van der Waals surface area contributed by atoms with Gasteiger partial charge in [-0.3, -0.25) is 10.1 Å². The standard InChI is InChI=1S/C21H18N2O3S/c1-13-5-4-6-14(9-13)10-16-12-22-21(27-16)23-19(24)18-11-15-7-2-3-8-17(15)20(25)26-18/h2-9,12,18H,10-11H2,1H3,(H,22,23,24)/t18-/m0/s1. The van der Waals surface area contributed by atoms with Crippen LogP contribution in [0.2, 0.25) is 0 Å². The van der Waals surface area contributed by atoms with E-state index in [-0.39, 0.29) is 5.91 Å². The Morgan fingerprint density at radius 1 is 1.26 bits per heavy atom. The van der Waals surface area contributed by atoms with Crippen LogP contribution in [-0.4, -0.2) is 23.0 Å². The number of ether oxygens (including phenoxy) is 1. The van der Waals surface area contributed by atoms with Crippen LogP contribution < -0.4 is 5.32 Å². The molecule has 1 amide bonds. The zero-order chi connectivity index (χ0) is 18.8. The van der Waals surface area contributed by atoms with E-state index in [4.69, 9.17) is 4.74 Å². The summed E-state index contributed by atoms with van der Waals surface area (Å²) >= 11 is 1.43. The molecule has 0 aliphatic carbocycles. The molecule has 0 saturated carbocycles. The third-order valence-corrected chi connectivity index (χ3v) is 5.34. The van der Waals surface area contributed by atoms with Crippen molar-refractivity contribution in [1.82, 2.24) is 4.98 Å². The monoisotopic (exact) mass is 378 g/mol. The number of nitrogens with one attached hydrogen (secondary N) is 1. The summed E-state index contributed by atoms with van der Waals surface area (Å²) in [5.74, 6) is -0.814. The van der Waals surface area contributed by atoms with Gasteiger partial charge in [0, 0.05) is 23.9 Å². The molecule has 0 unspecified atom stereocenters. The molecule has 1 aliphatic rings. The predicted molar refractivity (Wildman–Crippen MR) is 104 cm³/mol. The van der Waals surface area contributed by atoms with Crippen LogP contribution in [0.1, 0.15) is 31.9 Å². The van der Waals surface area contributed by atoms with Gasteiger partial charge in [-0.05, 0) is 24.1 Å². The molecule has 1 aliphatic heterocycles. The topological polar surface area (TPSA) is 68.3 Å². The molecule has 0 bridgehead atoms. The number of nitrogens with zero attached hydrogens (tertiary/aromatic N) is 1. The second kappa shape index (κ2) is 7.32. The summed E-state index contributed by atoms with van der Waals surface area (Å²) in [7, 11) is 0. The van der Waals surface area contributed by atoms with Gasteiger partial charge in [0.2, 0.25) is 0 Å². The zero-order valence-corrected chi connectivity index (χ0v) is 15.6. The molecule has 27 heavy (non-hydrogen) atoms. The number of aryl methyl sites for hydroxylation is 1. The van der Waals surface area contributed by atoms with Gasteiger partial charge >= 0.3 is 5.97 Å². The highest BCUT2D eigenvalue weighted by molar-refractivity contribution is 7.15. The van der Waals surface area contributed by atoms with E-state index in [2.05, 4.69) is 35.4 Å². The first-order chi connectivity index (χ1) is 13.1. The summed E-state index contributed by atoms with van der Waals surface area (Å²) in [5.41, 5.74) is 3.77. The summed E-state index contributed by atoms with van der Waals surface area (Å²) in [4.78, 5) is 29.9. The normalized spacial score (nSPS) is 15.7. The number of esters is 1. The number of rotatable bonds is 4. The SMILES string of the molecule is Cc1cccc(Cc2cnc(NC(=O)[C@@H]3Cc4ccccc4C(=O)O3)s2)c1. The highest BCUT2D eigenvalue weighted by Gasteiger charge is 2.31. The van der Waals surface area contributed by atoms with Gasteiger partial charge in [0.05, 0.1) is 5.56 Å². The molecular weight excluding hydrogens is 360 g/mol. The minimum atomic E-state index is -0.837. The van der Waals surface area contributed by atoms with Crippen LogP contribution in [0.4, 0.5) is 5.13 Å². The lowest BCUT2D eigenvalue weighted by Crippen LogP contribution is -2.37. The van der Waals surface area contributed by atoms with Crippen molar-refractivity contribution in [3.63, 3.8) is 0 Å². The fourth-order valence-electron chi connectivity index (χ4n) is 3.13. The highest BCUT2D eigenvalue weighted by atomic mass is 32.1. The first-order valence-corrected chi connectivity index (χ1v) is 9.50. The Kier molecular flexibility index (Phi) is 4.73. The van der Waals surface area contributed by atoms with Gasteiger partial charge in [-0.2, -0.15) is 0 Å². The third-order valence-electron chi connectivity index (χ3n) is 4.43. The van der Waals surface area contributed by atoms with Crippen molar-refractivity contribution in [1.29, 1.82) is 0 Å². The number of benzene rings is 2. The van der Waals surface area contributed by atoms with Crippen molar-refractivity contribution >= 4 is 28.3 Å². The number of aromatic nitrogens is 1. The van der Waals surface area contributed by atoms with Crippen LogP contribution >= 0.6 is 11.3 Å². The van der Waals surface area contributed by atoms with E-state index in [1.807, 2.05) is 18.2 Å². The maximum atomic E-state index is 12.5. The van der Waals surface area contributed by atoms with Crippen LogP contribution in [0, 0.1) is 6.92 Å². The van der Waals surface area contributed by atoms with Crippen LogP contribution in [0.5, 0.6) is 0 Å². The maximum Gasteiger partial charge on any atom is 0.339 e. The molecule has 2 aromatic carbocycles. The van der Waals surface area contributed by atoms with E-state index < -0.39 is 12.1 Å². The summed E-state index contributed by atoms with van der Waals surface area (Å²) in [6.07, 6.45) is 2.07. The molecular formula is C21H18N2O3S. The van der Waals surface area contributed by atoms with Gasteiger partial charge in [0.15, 0.2) is 11.2 Å². The van der Waals surface area contributed by atoms with Gasteiger partial charge in [-0.15, -0.1) is 11.3 Å². The average molecular weight is 378 g/mol. The number of anilines is 1. The van der Waals surface area contributed by atoms with Crippen molar-refractivity contribution < 1.29 is 14.3 Å². The van der Waals surface area contributed by atoms with Crippen LogP contribution in [0.15, 0.2) is 54.7 Å². The number of hydrogen-bond donors (Lipinski definition) is 1. The van der Waals surface area contributed by atoms with E-state index >= 15 is 0 Å². The Morgan fingerprint density at radius 3 is 2.96 bits per heavy atom. The second-order valence-corrected chi connectivity index (χ2v) is 7.66. The highest BCUT2D eigenvalue weighted by Crippen LogP contribution is 2.24. The second-order valence-electron chi connectivity index (χ2n) is 6.54. The molecule has 0 fully saturated rings. The van der Waals surface area contributed by atoms with Crippen LogP contribution in [0.25, 0.3) is 0 Å². The minimum absolute atomic E-state index is 0.352. The fraction of sp³-hybridized carbons (Fsp3) is 0.190. The Bertz CT molecular complexity index is 1010. The summed E-state index contributed by atoms with van der Waals surface area (Å²) in [6.45, 7) is 2.06. The smallest absolute Gasteiger partial charge is 0.339 e. The van der Waals surface area contributed by atoms with Crippen molar-refractivity contribution in [3.8, 4) is 0 Å². The lowest BCUT2D eigenvalue weighted by atomic mass is 9.98. The molecule has 1 atom stereocenters. The quantitative estimate of drug-likeness (QED) is 0.702. The van der Waals surface area contributed by atoms with E-state index in [0.29, 0.717) is 17.1 Å². The van der Waals surface area contributed by atoms with Gasteiger partial charge in [-0.25, -0.2) is 9.78 Å². The lowest BCUT2D eigenvalue weighted by molar-refractivity contribution is -0.125. The predicted octanol–water partition coefficient (Wildman–Crippen LogP) is 3.76. The zero-order valence-electron chi connectivity index (χ0n) is 14.8. The first kappa shape index (κ1) is 17.4. The van der Waals surface area contributed by atoms with Gasteiger partial charge in [0.1, 0.15) is 0 Å². The van der Waals surface area contributed by atoms with E-state index in [1.165, 1.54) is 22.5 Å². The molecule has 2 heterocycles. The summed E-state index contributed by atoms with van der Waals surface area (Å²) < 4.78 is 5.29. The molecule has 0 saturated heterocycles. The molecule has 136 valence electrons. The van der Waals surface area contributed by atoms with Crippen molar-refractivity contribution in [2.24, 2.45) is 0 Å².